The fourth-order valence-electron chi connectivity index (χ4n) is 6.94. The van der Waals surface area contributed by atoms with Gasteiger partial charge in [-0.2, -0.15) is 0 Å². The molecule has 0 spiro atoms. The molecule has 1 heterocycles. The van der Waals surface area contributed by atoms with E-state index in [0.29, 0.717) is 21.7 Å². The van der Waals surface area contributed by atoms with E-state index in [2.05, 4.69) is 70.7 Å². The van der Waals surface area contributed by atoms with Crippen molar-refractivity contribution < 1.29 is 0 Å². The van der Waals surface area contributed by atoms with Gasteiger partial charge in [0.1, 0.15) is 0 Å². The number of benzene rings is 7. The minimum absolute atomic E-state index is 0.312. The van der Waals surface area contributed by atoms with Gasteiger partial charge in [0.15, 0.2) is 33.4 Å². The van der Waals surface area contributed by atoms with Crippen molar-refractivity contribution in [3.63, 3.8) is 0 Å². The molecule has 0 atom stereocenters. The summed E-state index contributed by atoms with van der Waals surface area (Å²) in [6.07, 6.45) is 0. The van der Waals surface area contributed by atoms with Crippen LogP contribution >= 0.6 is 23.2 Å². The van der Waals surface area contributed by atoms with Crippen molar-refractivity contribution in [2.75, 3.05) is 24.7 Å². The molecule has 0 saturated carbocycles. The SMILES string of the molecule is CN(C)c1ccccc1.Cc1ccccc1/C(Cl)=N/N=C(\Cl)c1ccccc1.[C-]#[N+]c1cc(C)c(-n2c(-c3ccccc3)nnc2-c2ccccc2C)c(C)c1.[C-]#[N+]c1cc(C)c(N)c(C)c1. The lowest BCUT2D eigenvalue weighted by molar-refractivity contribution is 1.04. The number of aromatic nitrogens is 3. The number of aryl methyl sites for hydroxylation is 6. The summed E-state index contributed by atoms with van der Waals surface area (Å²) in [5.74, 6) is 1.60. The minimum atomic E-state index is 0.312. The summed E-state index contributed by atoms with van der Waals surface area (Å²) in [7, 11) is 4.07. The third-order valence-electron chi connectivity index (χ3n) is 10.5. The second-order valence-corrected chi connectivity index (χ2v) is 16.4. The van der Waals surface area contributed by atoms with E-state index >= 15 is 0 Å². The van der Waals surface area contributed by atoms with Gasteiger partial charge in [-0.3, -0.25) is 4.57 Å². The molecule has 0 aliphatic rings. The van der Waals surface area contributed by atoms with Gasteiger partial charge in [-0.25, -0.2) is 9.69 Å². The van der Waals surface area contributed by atoms with Gasteiger partial charge in [0, 0.05) is 47.7 Å². The van der Waals surface area contributed by atoms with Crippen LogP contribution in [0.25, 0.3) is 38.2 Å². The van der Waals surface area contributed by atoms with Crippen molar-refractivity contribution in [3.8, 4) is 28.5 Å². The number of anilines is 2. The van der Waals surface area contributed by atoms with Crippen LogP contribution in [0, 0.1) is 54.7 Å². The maximum absolute atomic E-state index is 7.36. The van der Waals surface area contributed by atoms with Crippen LogP contribution in [0.2, 0.25) is 0 Å². The normalized spacial score (nSPS) is 10.7. The summed E-state index contributed by atoms with van der Waals surface area (Å²) in [5.41, 5.74) is 20.0. The van der Waals surface area contributed by atoms with Crippen LogP contribution in [0.5, 0.6) is 0 Å². The lowest BCUT2D eigenvalue weighted by Crippen LogP contribution is -2.07. The molecule has 2 N–H and O–H groups in total. The number of rotatable bonds is 7. The average molecular weight is 923 g/mol. The molecular weight excluding hydrogens is 870 g/mol. The van der Waals surface area contributed by atoms with Gasteiger partial charge < -0.3 is 10.6 Å². The monoisotopic (exact) mass is 921 g/mol. The minimum Gasteiger partial charge on any atom is -0.398 e. The fourth-order valence-corrected chi connectivity index (χ4v) is 7.35. The summed E-state index contributed by atoms with van der Waals surface area (Å²) in [6, 6.07) is 53.1. The maximum Gasteiger partial charge on any atom is 0.187 e. The number of nitrogens with two attached hydrogens (primary N) is 1. The molecule has 0 unspecified atom stereocenters. The lowest BCUT2D eigenvalue weighted by atomic mass is 10.0. The zero-order valence-corrected chi connectivity index (χ0v) is 40.5. The molecule has 336 valence electrons. The van der Waals surface area contributed by atoms with Crippen molar-refractivity contribution in [1.82, 2.24) is 14.8 Å². The smallest absolute Gasteiger partial charge is 0.187 e. The van der Waals surface area contributed by atoms with Crippen molar-refractivity contribution in [1.29, 1.82) is 0 Å². The van der Waals surface area contributed by atoms with E-state index in [0.717, 1.165) is 78.7 Å². The van der Waals surface area contributed by atoms with Crippen molar-refractivity contribution in [3.05, 3.63) is 231 Å². The first-order valence-electron chi connectivity index (χ1n) is 21.3. The highest BCUT2D eigenvalue weighted by Crippen LogP contribution is 2.34. The summed E-state index contributed by atoms with van der Waals surface area (Å²) in [5, 5.41) is 17.7. The van der Waals surface area contributed by atoms with E-state index in [1.165, 1.54) is 5.69 Å². The van der Waals surface area contributed by atoms with E-state index in [1.54, 1.807) is 12.1 Å². The first-order chi connectivity index (χ1) is 32.2. The highest BCUT2D eigenvalue weighted by Gasteiger charge is 2.21. The molecule has 0 radical (unpaired) electrons. The highest BCUT2D eigenvalue weighted by atomic mass is 35.5. The molecule has 7 aromatic carbocycles. The Labute approximate surface area is 405 Å². The Kier molecular flexibility index (Phi) is 18.3. The Morgan fingerprint density at radius 2 is 0.985 bits per heavy atom. The number of nitrogen functional groups attached to an aromatic ring is 1. The molecule has 1 aromatic heterocycles. The van der Waals surface area contributed by atoms with Gasteiger partial charge in [-0.1, -0.05) is 175 Å². The van der Waals surface area contributed by atoms with Crippen LogP contribution in [-0.4, -0.2) is 39.2 Å². The lowest BCUT2D eigenvalue weighted by Gasteiger charge is -2.17. The summed E-state index contributed by atoms with van der Waals surface area (Å²) < 4.78 is 2.12. The van der Waals surface area contributed by atoms with Crippen LogP contribution in [0.4, 0.5) is 22.7 Å². The van der Waals surface area contributed by atoms with E-state index in [-0.39, 0.29) is 0 Å². The quantitative estimate of drug-likeness (QED) is 0.0746. The van der Waals surface area contributed by atoms with Crippen molar-refractivity contribution >= 4 is 56.3 Å². The molecule has 8 rings (SSSR count). The molecule has 9 nitrogen and oxygen atoms in total. The maximum atomic E-state index is 7.36. The van der Waals surface area contributed by atoms with Gasteiger partial charge in [-0.05, 0) is 87.1 Å². The zero-order chi connectivity index (χ0) is 48.5. The first-order valence-corrected chi connectivity index (χ1v) is 22.1. The molecule has 0 aliphatic heterocycles. The Morgan fingerprint density at radius 3 is 1.49 bits per heavy atom. The average Bonchev–Trinajstić information content (AvgIpc) is 3.77. The Morgan fingerprint density at radius 1 is 0.537 bits per heavy atom. The van der Waals surface area contributed by atoms with E-state index in [1.807, 2.05) is 176 Å². The molecule has 0 aliphatic carbocycles. The highest BCUT2D eigenvalue weighted by molar-refractivity contribution is 6.71. The Bertz CT molecular complexity index is 3010. The summed E-state index contributed by atoms with van der Waals surface area (Å²) >= 11 is 12.2. The molecule has 8 aromatic rings. The second kappa shape index (κ2) is 24.5. The molecule has 0 saturated heterocycles. The molecule has 0 bridgehead atoms. The number of nitrogens with zero attached hydrogens (tertiary/aromatic N) is 8. The third-order valence-corrected chi connectivity index (χ3v) is 11.1. The van der Waals surface area contributed by atoms with E-state index < -0.39 is 0 Å². The molecule has 11 heteroatoms. The van der Waals surface area contributed by atoms with Gasteiger partial charge >= 0.3 is 0 Å². The van der Waals surface area contributed by atoms with Gasteiger partial charge in [-0.15, -0.1) is 20.4 Å². The number of halogens is 2. The van der Waals surface area contributed by atoms with Gasteiger partial charge in [0.2, 0.25) is 0 Å². The van der Waals surface area contributed by atoms with E-state index in [4.69, 9.17) is 42.1 Å². The van der Waals surface area contributed by atoms with Crippen molar-refractivity contribution in [2.24, 2.45) is 10.2 Å². The number of hydrogen-bond donors (Lipinski definition) is 1. The third kappa shape index (κ3) is 13.6. The Balaban J connectivity index is 0.000000185. The second-order valence-electron chi connectivity index (χ2n) is 15.7. The van der Waals surface area contributed by atoms with Crippen molar-refractivity contribution in [2.45, 2.75) is 41.5 Å². The number of para-hydroxylation sites is 1. The van der Waals surface area contributed by atoms with E-state index in [9.17, 15) is 0 Å². The first kappa shape index (κ1) is 50.2. The largest absolute Gasteiger partial charge is 0.398 e. The summed E-state index contributed by atoms with van der Waals surface area (Å²) in [6.45, 7) is 26.1. The molecule has 67 heavy (non-hydrogen) atoms. The molecule has 0 fully saturated rings. The zero-order valence-electron chi connectivity index (χ0n) is 39.0. The van der Waals surface area contributed by atoms with Gasteiger partial charge in [0.05, 0.1) is 18.8 Å². The predicted octanol–water partition coefficient (Wildman–Crippen LogP) is 14.8. The fraction of sp³-hybridized carbons (Fsp3) is 0.143. The molecule has 0 amide bonds. The summed E-state index contributed by atoms with van der Waals surface area (Å²) in [4.78, 5) is 9.01. The van der Waals surface area contributed by atoms with Crippen LogP contribution in [0.3, 0.4) is 0 Å². The molecular formula is C56H53Cl2N9. The van der Waals surface area contributed by atoms with Gasteiger partial charge in [0.25, 0.3) is 0 Å². The van der Waals surface area contributed by atoms with Crippen LogP contribution in [0.1, 0.15) is 44.5 Å². The van der Waals surface area contributed by atoms with Crippen LogP contribution < -0.4 is 10.6 Å². The standard InChI is InChI=1S/C24H20N4.C15H12Cl2N2.C9H10N2.C8H11N/c1-16-10-8-9-13-21(16)24-27-26-23(19-11-6-5-7-12-19)28(24)22-17(2)14-20(25-4)15-18(22)3;1-11-7-5-6-10-13(11)15(17)19-18-14(16)12-8-3-2-4-9-12;1-6-4-8(11-3)5-7(2)9(6)10;1-9(2)8-6-4-3-5-7-8/h5-15H,1-3H3;2-10H,1H3;4-5H,10H2,1-2H3;3-7H,1-2H3/b;18-14-,19-15-;;. The van der Waals surface area contributed by atoms with Crippen LogP contribution in [0.15, 0.2) is 174 Å². The Hall–Kier alpha value is -7.82. The predicted molar refractivity (Wildman–Crippen MR) is 282 cm³/mol. The topological polar surface area (TPSA) is 93.4 Å². The van der Waals surface area contributed by atoms with Crippen LogP contribution in [-0.2, 0) is 0 Å². The number of hydrogen-bond acceptors (Lipinski definition) is 6.